The Bertz CT molecular complexity index is 1220. The van der Waals surface area contributed by atoms with Crippen LogP contribution in [0.15, 0.2) is 115 Å². The molecule has 4 aromatic carbocycles. The number of hydrogen-bond donors (Lipinski definition) is 0. The number of carbonyl (C=O) groups is 1. The van der Waals surface area contributed by atoms with Crippen LogP contribution in [0.4, 0.5) is 0 Å². The maximum atomic E-state index is 13.4. The quantitative estimate of drug-likeness (QED) is 0.341. The van der Waals surface area contributed by atoms with Crippen molar-refractivity contribution in [3.05, 3.63) is 143 Å². The number of nitrogens with zero attached hydrogens (tertiary/aromatic N) is 1. The van der Waals surface area contributed by atoms with E-state index in [2.05, 4.69) is 72.6 Å². The fourth-order valence-electron chi connectivity index (χ4n) is 5.08. The van der Waals surface area contributed by atoms with E-state index in [0.717, 1.165) is 23.2 Å². The molecule has 33 heavy (non-hydrogen) atoms. The fourth-order valence-corrected chi connectivity index (χ4v) is 5.08. The second kappa shape index (κ2) is 9.05. The summed E-state index contributed by atoms with van der Waals surface area (Å²) in [5.41, 5.74) is 4.14. The predicted octanol–water partition coefficient (Wildman–Crippen LogP) is 6.17. The lowest BCUT2D eigenvalue weighted by Crippen LogP contribution is -2.49. The third-order valence-corrected chi connectivity index (χ3v) is 6.50. The van der Waals surface area contributed by atoms with Crippen molar-refractivity contribution in [2.75, 3.05) is 7.05 Å². The second-order valence-electron chi connectivity index (χ2n) is 8.69. The first-order valence-corrected chi connectivity index (χ1v) is 11.3. The van der Waals surface area contributed by atoms with Crippen molar-refractivity contribution in [3.63, 3.8) is 0 Å². The highest BCUT2D eigenvalue weighted by Crippen LogP contribution is 2.48. The van der Waals surface area contributed by atoms with E-state index >= 15 is 0 Å². The van der Waals surface area contributed by atoms with Crippen LogP contribution in [0.25, 0.3) is 0 Å². The number of fused-ring (bicyclic) bond motifs is 1. The molecular formula is C30H27NO2. The lowest BCUT2D eigenvalue weighted by molar-refractivity contribution is -0.0787. The number of cyclic esters (lactones) is 1. The Kier molecular flexibility index (Phi) is 5.80. The van der Waals surface area contributed by atoms with Gasteiger partial charge in [-0.3, -0.25) is 4.90 Å². The molecule has 1 aliphatic rings. The SMILES string of the molecule is CN(Cc1ccccc1)[C@H](c1ccccc1)[C@]1(c2ccccc2)Cc2ccccc2C(=O)O1. The van der Waals surface area contributed by atoms with E-state index in [9.17, 15) is 4.79 Å². The monoisotopic (exact) mass is 433 g/mol. The molecule has 1 heterocycles. The first-order valence-electron chi connectivity index (χ1n) is 11.3. The lowest BCUT2D eigenvalue weighted by Gasteiger charge is -2.47. The summed E-state index contributed by atoms with van der Waals surface area (Å²) in [6.07, 6.45) is 0.609. The molecule has 5 rings (SSSR count). The van der Waals surface area contributed by atoms with Gasteiger partial charge in [-0.15, -0.1) is 0 Å². The van der Waals surface area contributed by atoms with Crippen molar-refractivity contribution in [1.29, 1.82) is 0 Å². The minimum Gasteiger partial charge on any atom is -0.448 e. The summed E-state index contributed by atoms with van der Waals surface area (Å²) < 4.78 is 6.48. The normalized spacial score (nSPS) is 18.4. The number of hydrogen-bond acceptors (Lipinski definition) is 3. The molecule has 0 unspecified atom stereocenters. The average molecular weight is 434 g/mol. The summed E-state index contributed by atoms with van der Waals surface area (Å²) in [5, 5.41) is 0. The fraction of sp³-hybridized carbons (Fsp3) is 0.167. The van der Waals surface area contributed by atoms with Crippen LogP contribution in [0, 0.1) is 0 Å². The van der Waals surface area contributed by atoms with Crippen molar-refractivity contribution in [2.45, 2.75) is 24.6 Å². The molecule has 0 aliphatic carbocycles. The largest absolute Gasteiger partial charge is 0.448 e. The van der Waals surface area contributed by atoms with Gasteiger partial charge in [-0.25, -0.2) is 4.79 Å². The molecule has 0 amide bonds. The Balaban J connectivity index is 1.69. The molecule has 3 heteroatoms. The van der Waals surface area contributed by atoms with Crippen molar-refractivity contribution < 1.29 is 9.53 Å². The summed E-state index contributed by atoms with van der Waals surface area (Å²) in [5.74, 6) is -0.269. The van der Waals surface area contributed by atoms with Crippen LogP contribution in [0.3, 0.4) is 0 Å². The van der Waals surface area contributed by atoms with Crippen LogP contribution in [0.2, 0.25) is 0 Å². The van der Waals surface area contributed by atoms with Crippen molar-refractivity contribution in [3.8, 4) is 0 Å². The van der Waals surface area contributed by atoms with Gasteiger partial charge in [-0.1, -0.05) is 109 Å². The van der Waals surface area contributed by atoms with Gasteiger partial charge in [-0.2, -0.15) is 0 Å². The summed E-state index contributed by atoms with van der Waals surface area (Å²) in [7, 11) is 2.11. The molecule has 0 bridgehead atoms. The van der Waals surface area contributed by atoms with Gasteiger partial charge in [0.1, 0.15) is 0 Å². The highest BCUT2D eigenvalue weighted by Gasteiger charge is 2.50. The molecule has 1 aliphatic heterocycles. The van der Waals surface area contributed by atoms with Crippen LogP contribution >= 0.6 is 0 Å². The molecule has 4 aromatic rings. The predicted molar refractivity (Wildman–Crippen MR) is 131 cm³/mol. The Labute approximate surface area is 195 Å². The van der Waals surface area contributed by atoms with Gasteiger partial charge in [0.25, 0.3) is 0 Å². The van der Waals surface area contributed by atoms with E-state index in [0.29, 0.717) is 12.0 Å². The molecule has 0 radical (unpaired) electrons. The molecule has 164 valence electrons. The third kappa shape index (κ3) is 4.08. The summed E-state index contributed by atoms with van der Waals surface area (Å²) in [6, 6.07) is 38.6. The summed E-state index contributed by atoms with van der Waals surface area (Å²) in [4.78, 5) is 15.7. The zero-order chi connectivity index (χ0) is 22.7. The van der Waals surface area contributed by atoms with Gasteiger partial charge < -0.3 is 4.74 Å². The molecule has 2 atom stereocenters. The van der Waals surface area contributed by atoms with Crippen LogP contribution in [0.1, 0.15) is 38.7 Å². The van der Waals surface area contributed by atoms with Gasteiger partial charge in [0, 0.05) is 13.0 Å². The summed E-state index contributed by atoms with van der Waals surface area (Å²) >= 11 is 0. The first-order chi connectivity index (χ1) is 16.2. The van der Waals surface area contributed by atoms with Gasteiger partial charge in [0.05, 0.1) is 11.6 Å². The zero-order valence-corrected chi connectivity index (χ0v) is 18.7. The number of benzene rings is 4. The van der Waals surface area contributed by atoms with E-state index in [4.69, 9.17) is 4.74 Å². The standard InChI is InChI=1S/C30H27NO2/c1-31(22-23-13-5-2-6-14-23)28(24-15-7-3-8-16-24)30(26-18-9-4-10-19-26)21-25-17-11-12-20-27(25)29(32)33-30/h2-20,28H,21-22H2,1H3/t28-,30-/m1/s1. The zero-order valence-electron chi connectivity index (χ0n) is 18.7. The smallest absolute Gasteiger partial charge is 0.339 e. The van der Waals surface area contributed by atoms with E-state index < -0.39 is 5.60 Å². The molecule has 0 aromatic heterocycles. The number of esters is 1. The number of carbonyl (C=O) groups excluding carboxylic acids is 1. The molecule has 0 saturated carbocycles. The number of ether oxygens (including phenoxy) is 1. The Morgan fingerprint density at radius 3 is 2.06 bits per heavy atom. The van der Waals surface area contributed by atoms with Crippen LogP contribution in [-0.2, 0) is 23.3 Å². The maximum absolute atomic E-state index is 13.4. The number of likely N-dealkylation sites (N-methyl/N-ethyl adjacent to an activating group) is 1. The Hall–Kier alpha value is -3.69. The van der Waals surface area contributed by atoms with E-state index in [1.165, 1.54) is 5.56 Å². The maximum Gasteiger partial charge on any atom is 0.339 e. The van der Waals surface area contributed by atoms with Gasteiger partial charge in [-0.05, 0) is 35.4 Å². The second-order valence-corrected chi connectivity index (χ2v) is 8.69. The highest BCUT2D eigenvalue weighted by atomic mass is 16.6. The third-order valence-electron chi connectivity index (χ3n) is 6.50. The van der Waals surface area contributed by atoms with Gasteiger partial charge in [0.2, 0.25) is 0 Å². The minimum absolute atomic E-state index is 0.182. The lowest BCUT2D eigenvalue weighted by atomic mass is 9.75. The topological polar surface area (TPSA) is 29.5 Å². The van der Waals surface area contributed by atoms with Gasteiger partial charge in [0.15, 0.2) is 5.60 Å². The molecule has 0 fully saturated rings. The Morgan fingerprint density at radius 2 is 1.36 bits per heavy atom. The summed E-state index contributed by atoms with van der Waals surface area (Å²) in [6.45, 7) is 0.730. The Morgan fingerprint density at radius 1 is 0.788 bits per heavy atom. The molecular weight excluding hydrogens is 406 g/mol. The van der Waals surface area contributed by atoms with E-state index in [1.807, 2.05) is 54.6 Å². The van der Waals surface area contributed by atoms with Crippen molar-refractivity contribution >= 4 is 5.97 Å². The van der Waals surface area contributed by atoms with Gasteiger partial charge >= 0.3 is 5.97 Å². The molecule has 0 saturated heterocycles. The minimum atomic E-state index is -0.864. The highest BCUT2D eigenvalue weighted by molar-refractivity contribution is 5.92. The van der Waals surface area contributed by atoms with E-state index in [1.54, 1.807) is 0 Å². The average Bonchev–Trinajstić information content (AvgIpc) is 2.86. The van der Waals surface area contributed by atoms with E-state index in [-0.39, 0.29) is 12.0 Å². The van der Waals surface area contributed by atoms with Crippen molar-refractivity contribution in [1.82, 2.24) is 4.90 Å². The van der Waals surface area contributed by atoms with Crippen LogP contribution < -0.4 is 0 Å². The molecule has 3 nitrogen and oxygen atoms in total. The van der Waals surface area contributed by atoms with Crippen molar-refractivity contribution in [2.24, 2.45) is 0 Å². The molecule has 0 spiro atoms. The van der Waals surface area contributed by atoms with Crippen LogP contribution in [-0.4, -0.2) is 17.9 Å². The first kappa shape index (κ1) is 21.2. The number of rotatable bonds is 6. The van der Waals surface area contributed by atoms with Crippen LogP contribution in [0.5, 0.6) is 0 Å². The molecule has 0 N–H and O–H groups in total.